The zero-order chi connectivity index (χ0) is 26.8. The number of hydrogen-bond acceptors (Lipinski definition) is 5. The van der Waals surface area contributed by atoms with Gasteiger partial charge in [-0.25, -0.2) is 0 Å². The van der Waals surface area contributed by atoms with Crippen molar-refractivity contribution in [3.8, 4) is 34.4 Å². The van der Waals surface area contributed by atoms with Crippen molar-refractivity contribution < 1.29 is 14.6 Å². The number of aliphatic imine (C=N–C) groups is 1. The predicted octanol–water partition coefficient (Wildman–Crippen LogP) is 8.34. The van der Waals surface area contributed by atoms with Gasteiger partial charge in [0.05, 0.1) is 24.8 Å². The molecule has 0 unspecified atom stereocenters. The Labute approximate surface area is 227 Å². The lowest BCUT2D eigenvalue weighted by molar-refractivity contribution is 0.296. The van der Waals surface area contributed by atoms with Gasteiger partial charge in [0.1, 0.15) is 17.2 Å². The molecular weight excluding hydrogens is 472 g/mol. The summed E-state index contributed by atoms with van der Waals surface area (Å²) in [5.74, 6) is 1.80. The summed E-state index contributed by atoms with van der Waals surface area (Å²) in [6.45, 7) is 4.36. The van der Waals surface area contributed by atoms with Gasteiger partial charge in [0.2, 0.25) is 0 Å². The van der Waals surface area contributed by atoms with Gasteiger partial charge in [0.15, 0.2) is 0 Å². The highest BCUT2D eigenvalue weighted by Gasteiger charge is 2.03. The first kappa shape index (κ1) is 28.8. The predicted molar refractivity (Wildman–Crippen MR) is 155 cm³/mol. The fourth-order valence-corrected chi connectivity index (χ4v) is 4.11. The van der Waals surface area contributed by atoms with Crippen LogP contribution in [0, 0.1) is 11.3 Å². The molecule has 0 aliphatic heterocycles. The van der Waals surface area contributed by atoms with Crippen LogP contribution in [0.5, 0.6) is 17.2 Å². The molecule has 3 rings (SSSR count). The normalized spacial score (nSPS) is 10.9. The van der Waals surface area contributed by atoms with Crippen molar-refractivity contribution in [2.75, 3.05) is 19.8 Å². The highest BCUT2D eigenvalue weighted by atomic mass is 16.5. The number of benzene rings is 3. The first-order valence-electron chi connectivity index (χ1n) is 13.9. The molecule has 5 nitrogen and oxygen atoms in total. The van der Waals surface area contributed by atoms with Crippen molar-refractivity contribution >= 4 is 6.21 Å². The number of aromatic hydroxyl groups is 1. The van der Waals surface area contributed by atoms with Crippen molar-refractivity contribution in [3.05, 3.63) is 77.9 Å². The zero-order valence-corrected chi connectivity index (χ0v) is 22.6. The standard InChI is InChI=1S/C33H40N2O3/c1-2-3-8-21-35-26-30-17-20-32(24-33(30)36)38-23-10-7-5-4-6-9-22-37-31-18-15-29(16-19-31)28-13-11-27(25-34)12-14-28/h11-20,24,26,36H,2-10,21-23H2,1H3. The van der Waals surface area contributed by atoms with Gasteiger partial charge < -0.3 is 14.6 Å². The van der Waals surface area contributed by atoms with Crippen molar-refractivity contribution in [1.82, 2.24) is 0 Å². The Bertz CT molecular complexity index is 1150. The molecule has 0 amide bonds. The number of nitrogens with zero attached hydrogens (tertiary/aromatic N) is 2. The zero-order valence-electron chi connectivity index (χ0n) is 22.6. The number of nitriles is 1. The van der Waals surface area contributed by atoms with E-state index in [0.29, 0.717) is 17.9 Å². The number of ether oxygens (including phenoxy) is 2. The van der Waals surface area contributed by atoms with Gasteiger partial charge >= 0.3 is 0 Å². The highest BCUT2D eigenvalue weighted by molar-refractivity contribution is 5.83. The topological polar surface area (TPSA) is 74.8 Å². The van der Waals surface area contributed by atoms with Crippen LogP contribution in [-0.2, 0) is 0 Å². The largest absolute Gasteiger partial charge is 0.507 e. The SMILES string of the molecule is CCCCCN=Cc1ccc(OCCCCCCCCOc2ccc(-c3ccc(C#N)cc3)cc2)cc1O. The van der Waals surface area contributed by atoms with Crippen LogP contribution in [0.2, 0.25) is 0 Å². The fraction of sp³-hybridized carbons (Fsp3) is 0.394. The minimum absolute atomic E-state index is 0.214. The molecule has 0 aromatic heterocycles. The van der Waals surface area contributed by atoms with Gasteiger partial charge in [-0.2, -0.15) is 5.26 Å². The van der Waals surface area contributed by atoms with Gasteiger partial charge in [-0.15, -0.1) is 0 Å². The smallest absolute Gasteiger partial charge is 0.128 e. The average Bonchev–Trinajstić information content (AvgIpc) is 2.95. The monoisotopic (exact) mass is 512 g/mol. The van der Waals surface area contributed by atoms with Gasteiger partial charge in [-0.1, -0.05) is 69.7 Å². The Morgan fingerprint density at radius 2 is 1.32 bits per heavy atom. The molecule has 1 N–H and O–H groups in total. The summed E-state index contributed by atoms with van der Waals surface area (Å²) in [4.78, 5) is 4.38. The van der Waals surface area contributed by atoms with E-state index in [4.69, 9.17) is 14.7 Å². The maximum atomic E-state index is 10.2. The third-order valence-corrected chi connectivity index (χ3v) is 6.40. The van der Waals surface area contributed by atoms with E-state index in [1.165, 1.54) is 25.7 Å². The van der Waals surface area contributed by atoms with Gasteiger partial charge in [0, 0.05) is 24.4 Å². The van der Waals surface area contributed by atoms with E-state index in [1.807, 2.05) is 48.5 Å². The minimum atomic E-state index is 0.214. The quantitative estimate of drug-likeness (QED) is 0.146. The Morgan fingerprint density at radius 3 is 1.92 bits per heavy atom. The van der Waals surface area contributed by atoms with E-state index in [9.17, 15) is 5.11 Å². The lowest BCUT2D eigenvalue weighted by atomic mass is 10.0. The molecule has 0 saturated heterocycles. The molecule has 0 saturated carbocycles. The Kier molecular flexibility index (Phi) is 12.8. The summed E-state index contributed by atoms with van der Waals surface area (Å²) in [7, 11) is 0. The molecule has 5 heteroatoms. The number of phenolic OH excluding ortho intramolecular Hbond substituents is 1. The summed E-state index contributed by atoms with van der Waals surface area (Å²) < 4.78 is 11.7. The maximum Gasteiger partial charge on any atom is 0.128 e. The molecule has 0 aliphatic rings. The van der Waals surface area contributed by atoms with Crippen LogP contribution < -0.4 is 9.47 Å². The van der Waals surface area contributed by atoms with Crippen LogP contribution in [0.15, 0.2) is 71.7 Å². The molecule has 0 atom stereocenters. The summed E-state index contributed by atoms with van der Waals surface area (Å²) >= 11 is 0. The molecule has 0 heterocycles. The average molecular weight is 513 g/mol. The molecule has 0 spiro atoms. The third-order valence-electron chi connectivity index (χ3n) is 6.40. The second kappa shape index (κ2) is 16.9. The van der Waals surface area contributed by atoms with Crippen molar-refractivity contribution in [3.63, 3.8) is 0 Å². The molecule has 3 aromatic rings. The lowest BCUT2D eigenvalue weighted by Gasteiger charge is -2.09. The fourth-order valence-electron chi connectivity index (χ4n) is 4.11. The van der Waals surface area contributed by atoms with Crippen LogP contribution in [0.1, 0.15) is 75.8 Å². The molecule has 0 bridgehead atoms. The summed E-state index contributed by atoms with van der Waals surface area (Å²) in [5.41, 5.74) is 3.61. The maximum absolute atomic E-state index is 10.2. The molecule has 3 aromatic carbocycles. The van der Waals surface area contributed by atoms with Crippen molar-refractivity contribution in [2.24, 2.45) is 4.99 Å². The summed E-state index contributed by atoms with van der Waals surface area (Å²) in [5, 5.41) is 19.1. The van der Waals surface area contributed by atoms with Crippen molar-refractivity contribution in [2.45, 2.75) is 64.7 Å². The number of rotatable bonds is 17. The lowest BCUT2D eigenvalue weighted by Crippen LogP contribution is -1.99. The van der Waals surface area contributed by atoms with E-state index < -0.39 is 0 Å². The highest BCUT2D eigenvalue weighted by Crippen LogP contribution is 2.24. The van der Waals surface area contributed by atoms with Crippen LogP contribution in [-0.4, -0.2) is 31.1 Å². The van der Waals surface area contributed by atoms with Gasteiger partial charge in [-0.05, 0) is 66.8 Å². The molecule has 0 radical (unpaired) electrons. The Balaban J connectivity index is 1.21. The number of hydrogen-bond donors (Lipinski definition) is 1. The first-order chi connectivity index (χ1) is 18.7. The van der Waals surface area contributed by atoms with Crippen LogP contribution >= 0.6 is 0 Å². The van der Waals surface area contributed by atoms with E-state index in [1.54, 1.807) is 12.3 Å². The van der Waals surface area contributed by atoms with E-state index in [2.05, 4.69) is 30.1 Å². The van der Waals surface area contributed by atoms with Crippen LogP contribution in [0.25, 0.3) is 11.1 Å². The second-order valence-electron chi connectivity index (χ2n) is 9.49. The summed E-state index contributed by atoms with van der Waals surface area (Å²) in [6, 6.07) is 23.3. The van der Waals surface area contributed by atoms with Gasteiger partial charge in [-0.3, -0.25) is 4.99 Å². The van der Waals surface area contributed by atoms with Crippen molar-refractivity contribution in [1.29, 1.82) is 5.26 Å². The number of unbranched alkanes of at least 4 members (excludes halogenated alkanes) is 7. The Morgan fingerprint density at radius 1 is 0.737 bits per heavy atom. The van der Waals surface area contributed by atoms with Crippen LogP contribution in [0.3, 0.4) is 0 Å². The molecule has 0 fully saturated rings. The van der Waals surface area contributed by atoms with Gasteiger partial charge in [0.25, 0.3) is 0 Å². The Hall–Kier alpha value is -3.78. The first-order valence-corrected chi connectivity index (χ1v) is 13.9. The van der Waals surface area contributed by atoms with E-state index >= 15 is 0 Å². The molecule has 0 aliphatic carbocycles. The van der Waals surface area contributed by atoms with E-state index in [0.717, 1.165) is 67.7 Å². The van der Waals surface area contributed by atoms with Crippen LogP contribution in [0.4, 0.5) is 0 Å². The number of phenols is 1. The second-order valence-corrected chi connectivity index (χ2v) is 9.49. The third kappa shape index (κ3) is 10.3. The molecule has 200 valence electrons. The molecule has 38 heavy (non-hydrogen) atoms. The molecular formula is C33H40N2O3. The van der Waals surface area contributed by atoms with E-state index in [-0.39, 0.29) is 5.75 Å². The summed E-state index contributed by atoms with van der Waals surface area (Å²) in [6.07, 6.45) is 11.9. The minimum Gasteiger partial charge on any atom is -0.507 e.